The number of hydrogen-bond donors (Lipinski definition) is 0. The van der Waals surface area contributed by atoms with Crippen molar-refractivity contribution in [2.45, 2.75) is 40.0 Å². The van der Waals surface area contributed by atoms with E-state index >= 15 is 0 Å². The molecule has 0 aliphatic carbocycles. The van der Waals surface area contributed by atoms with Crippen LogP contribution in [0.1, 0.15) is 50.4 Å². The van der Waals surface area contributed by atoms with Crippen LogP contribution < -0.4 is 0 Å². The molecule has 1 unspecified atom stereocenters. The average Bonchev–Trinajstić information content (AvgIpc) is 2.66. The molecule has 0 radical (unpaired) electrons. The van der Waals surface area contributed by atoms with Gasteiger partial charge in [0.2, 0.25) is 5.95 Å². The van der Waals surface area contributed by atoms with E-state index in [4.69, 9.17) is 0 Å². The molecule has 5 heteroatoms. The maximum Gasteiger partial charge on any atom is 0.257 e. The summed E-state index contributed by atoms with van der Waals surface area (Å²) < 4.78 is 26.8. The van der Waals surface area contributed by atoms with Gasteiger partial charge in [-0.05, 0) is 36.7 Å². The Balaban J connectivity index is 2.12. The molecule has 3 nitrogen and oxygen atoms in total. The predicted octanol–water partition coefficient (Wildman–Crippen LogP) is 3.65. The van der Waals surface area contributed by atoms with Gasteiger partial charge in [-0.3, -0.25) is 4.79 Å². The summed E-state index contributed by atoms with van der Waals surface area (Å²) in [5, 5.41) is 0. The van der Waals surface area contributed by atoms with Crippen LogP contribution in [0.3, 0.4) is 0 Å². The Hall–Kier alpha value is -1.52. The lowest BCUT2D eigenvalue weighted by Crippen LogP contribution is -2.33. The van der Waals surface area contributed by atoms with E-state index in [-0.39, 0.29) is 11.0 Å². The highest BCUT2D eigenvalue weighted by atomic mass is 19.2. The molecular weight excluding hydrogens is 274 g/mol. The summed E-state index contributed by atoms with van der Waals surface area (Å²) in [6.07, 6.45) is 3.97. The molecule has 2 heterocycles. The standard InChI is InChI=1S/C16H22F2N2O/c1-16(2,3)11-5-4-9-20(10-7-11)15(21)12-6-8-19-14(18)13(12)17/h6,8,11H,4-5,7,9-10H2,1-3H3. The molecule has 0 N–H and O–H groups in total. The van der Waals surface area contributed by atoms with Crippen LogP contribution in [-0.2, 0) is 0 Å². The lowest BCUT2D eigenvalue weighted by atomic mass is 9.77. The van der Waals surface area contributed by atoms with Gasteiger partial charge < -0.3 is 4.90 Å². The Labute approximate surface area is 124 Å². The summed E-state index contributed by atoms with van der Waals surface area (Å²) >= 11 is 0. The first-order valence-corrected chi connectivity index (χ1v) is 7.40. The number of amides is 1. The van der Waals surface area contributed by atoms with E-state index in [0.29, 0.717) is 19.0 Å². The SMILES string of the molecule is CC(C)(C)C1CCCN(C(=O)c2ccnc(F)c2F)CC1. The van der Waals surface area contributed by atoms with Crippen LogP contribution in [0, 0.1) is 23.1 Å². The van der Waals surface area contributed by atoms with Crippen LogP contribution in [0.2, 0.25) is 0 Å². The third-order valence-electron chi connectivity index (χ3n) is 4.32. The van der Waals surface area contributed by atoms with Gasteiger partial charge in [0.25, 0.3) is 5.91 Å². The predicted molar refractivity (Wildman–Crippen MR) is 76.9 cm³/mol. The Bertz CT molecular complexity index is 525. The number of carbonyl (C=O) groups excluding carboxylic acids is 1. The van der Waals surface area contributed by atoms with Crippen molar-refractivity contribution in [1.82, 2.24) is 9.88 Å². The maximum absolute atomic E-state index is 13.7. The first-order chi connectivity index (χ1) is 9.80. The smallest absolute Gasteiger partial charge is 0.257 e. The van der Waals surface area contributed by atoms with Crippen LogP contribution in [0.5, 0.6) is 0 Å². The van der Waals surface area contributed by atoms with Crippen LogP contribution in [-0.4, -0.2) is 28.9 Å². The van der Waals surface area contributed by atoms with E-state index < -0.39 is 17.7 Å². The maximum atomic E-state index is 13.7. The summed E-state index contributed by atoms with van der Waals surface area (Å²) in [5.74, 6) is -2.28. The zero-order valence-corrected chi connectivity index (χ0v) is 12.8. The van der Waals surface area contributed by atoms with E-state index in [1.54, 1.807) is 4.90 Å². The third-order valence-corrected chi connectivity index (χ3v) is 4.32. The fourth-order valence-electron chi connectivity index (χ4n) is 2.92. The second-order valence-electron chi connectivity index (χ2n) is 6.75. The Morgan fingerprint density at radius 1 is 1.29 bits per heavy atom. The molecule has 116 valence electrons. The van der Waals surface area contributed by atoms with Crippen molar-refractivity contribution in [2.75, 3.05) is 13.1 Å². The minimum Gasteiger partial charge on any atom is -0.339 e. The number of pyridine rings is 1. The fourth-order valence-corrected chi connectivity index (χ4v) is 2.92. The minimum atomic E-state index is -1.22. The van der Waals surface area contributed by atoms with Gasteiger partial charge in [-0.25, -0.2) is 9.37 Å². The first kappa shape index (κ1) is 15.9. The number of aromatic nitrogens is 1. The molecule has 0 bridgehead atoms. The van der Waals surface area contributed by atoms with Gasteiger partial charge in [0.1, 0.15) is 0 Å². The van der Waals surface area contributed by atoms with Gasteiger partial charge in [-0.1, -0.05) is 20.8 Å². The summed E-state index contributed by atoms with van der Waals surface area (Å²) in [7, 11) is 0. The molecule has 1 fully saturated rings. The number of rotatable bonds is 1. The fraction of sp³-hybridized carbons (Fsp3) is 0.625. The normalized spacial score (nSPS) is 20.2. The summed E-state index contributed by atoms with van der Waals surface area (Å²) in [6, 6.07) is 1.24. The quantitative estimate of drug-likeness (QED) is 0.741. The Morgan fingerprint density at radius 2 is 2.00 bits per heavy atom. The van der Waals surface area contributed by atoms with Crippen molar-refractivity contribution in [1.29, 1.82) is 0 Å². The van der Waals surface area contributed by atoms with Crippen LogP contribution in [0.15, 0.2) is 12.3 Å². The molecule has 1 aliphatic rings. The van der Waals surface area contributed by atoms with Gasteiger partial charge >= 0.3 is 0 Å². The highest BCUT2D eigenvalue weighted by molar-refractivity contribution is 5.94. The molecule has 0 spiro atoms. The van der Waals surface area contributed by atoms with Crippen molar-refractivity contribution < 1.29 is 13.6 Å². The first-order valence-electron chi connectivity index (χ1n) is 7.40. The van der Waals surface area contributed by atoms with Crippen LogP contribution >= 0.6 is 0 Å². The molecule has 1 saturated heterocycles. The topological polar surface area (TPSA) is 33.2 Å². The summed E-state index contributed by atoms with van der Waals surface area (Å²) in [4.78, 5) is 17.2. The molecule has 21 heavy (non-hydrogen) atoms. The van der Waals surface area contributed by atoms with Gasteiger partial charge in [0, 0.05) is 19.3 Å². The lowest BCUT2D eigenvalue weighted by molar-refractivity contribution is 0.0749. The van der Waals surface area contributed by atoms with Crippen molar-refractivity contribution >= 4 is 5.91 Å². The lowest BCUT2D eigenvalue weighted by Gasteiger charge is -2.29. The molecule has 0 saturated carbocycles. The molecule has 2 rings (SSSR count). The van der Waals surface area contributed by atoms with Crippen LogP contribution in [0.4, 0.5) is 8.78 Å². The molecule has 1 aromatic rings. The summed E-state index contributed by atoms with van der Waals surface area (Å²) in [6.45, 7) is 7.78. The van der Waals surface area contributed by atoms with Gasteiger partial charge in [0.15, 0.2) is 5.82 Å². The second-order valence-corrected chi connectivity index (χ2v) is 6.75. The third kappa shape index (κ3) is 3.57. The number of halogens is 2. The monoisotopic (exact) mass is 296 g/mol. The van der Waals surface area contributed by atoms with Crippen molar-refractivity contribution in [3.05, 3.63) is 29.6 Å². The highest BCUT2D eigenvalue weighted by Gasteiger charge is 2.29. The average molecular weight is 296 g/mol. The highest BCUT2D eigenvalue weighted by Crippen LogP contribution is 2.34. The van der Waals surface area contributed by atoms with E-state index in [0.717, 1.165) is 25.5 Å². The zero-order valence-electron chi connectivity index (χ0n) is 12.8. The number of nitrogens with zero attached hydrogens (tertiary/aromatic N) is 2. The molecule has 1 amide bonds. The van der Waals surface area contributed by atoms with Crippen molar-refractivity contribution in [2.24, 2.45) is 11.3 Å². The van der Waals surface area contributed by atoms with Gasteiger partial charge in [-0.2, -0.15) is 4.39 Å². The molecule has 1 atom stereocenters. The molecule has 0 aromatic carbocycles. The minimum absolute atomic E-state index is 0.201. The second kappa shape index (κ2) is 6.08. The largest absolute Gasteiger partial charge is 0.339 e. The number of hydrogen-bond acceptors (Lipinski definition) is 2. The van der Waals surface area contributed by atoms with E-state index in [9.17, 15) is 13.6 Å². The van der Waals surface area contributed by atoms with Crippen LogP contribution in [0.25, 0.3) is 0 Å². The Kier molecular flexibility index (Phi) is 4.59. The molecule has 1 aromatic heterocycles. The van der Waals surface area contributed by atoms with E-state index in [2.05, 4.69) is 25.8 Å². The zero-order chi connectivity index (χ0) is 15.6. The van der Waals surface area contributed by atoms with Gasteiger partial charge in [0.05, 0.1) is 5.56 Å². The molecule has 1 aliphatic heterocycles. The number of carbonyl (C=O) groups is 1. The Morgan fingerprint density at radius 3 is 2.67 bits per heavy atom. The molecular formula is C16H22F2N2O. The van der Waals surface area contributed by atoms with Gasteiger partial charge in [-0.15, -0.1) is 0 Å². The van der Waals surface area contributed by atoms with E-state index in [1.807, 2.05) is 0 Å². The number of likely N-dealkylation sites (tertiary alicyclic amines) is 1. The van der Waals surface area contributed by atoms with Crippen molar-refractivity contribution in [3.8, 4) is 0 Å². The summed E-state index contributed by atoms with van der Waals surface area (Å²) in [5.41, 5.74) is -0.0238. The van der Waals surface area contributed by atoms with E-state index in [1.165, 1.54) is 6.07 Å². The van der Waals surface area contributed by atoms with Crippen molar-refractivity contribution in [3.63, 3.8) is 0 Å².